The van der Waals surface area contributed by atoms with Crippen molar-refractivity contribution in [3.8, 4) is 0 Å². The van der Waals surface area contributed by atoms with Crippen molar-refractivity contribution in [2.45, 2.75) is 37.8 Å². The Hall–Kier alpha value is -0.920. The Morgan fingerprint density at radius 3 is 2.75 bits per heavy atom. The Bertz CT molecular complexity index is 356. The average Bonchev–Trinajstić information content (AvgIpc) is 2.24. The van der Waals surface area contributed by atoms with Crippen LogP contribution in [0.1, 0.15) is 25.7 Å². The molecule has 0 amide bonds. The first-order valence-electron chi connectivity index (χ1n) is 5.10. The van der Waals surface area contributed by atoms with Gasteiger partial charge in [-0.1, -0.05) is 12.8 Å². The van der Waals surface area contributed by atoms with Gasteiger partial charge in [-0.3, -0.25) is 5.32 Å². The third-order valence-corrected chi connectivity index (χ3v) is 2.83. The highest BCUT2D eigenvalue weighted by atomic mass is 32.2. The van der Waals surface area contributed by atoms with Crippen LogP contribution in [0.3, 0.4) is 0 Å². The second kappa shape index (κ2) is 6.62. The second-order valence-corrected chi connectivity index (χ2v) is 4.44. The van der Waals surface area contributed by atoms with E-state index < -0.39 is 16.3 Å². The first-order chi connectivity index (χ1) is 7.59. The maximum atomic E-state index is 10.4. The summed E-state index contributed by atoms with van der Waals surface area (Å²) in [6.45, 7) is -0.344. The zero-order chi connectivity index (χ0) is 12.0. The van der Waals surface area contributed by atoms with Crippen LogP contribution >= 0.6 is 0 Å². The van der Waals surface area contributed by atoms with Crippen LogP contribution in [-0.4, -0.2) is 43.7 Å². The third kappa shape index (κ3) is 4.73. The SMILES string of the molecule is O=C(O)COC1CCCCC1NC=S(=O)=O. The van der Waals surface area contributed by atoms with Crippen molar-refractivity contribution >= 4 is 21.8 Å². The summed E-state index contributed by atoms with van der Waals surface area (Å²) < 4.78 is 25.9. The van der Waals surface area contributed by atoms with Gasteiger partial charge in [-0.2, -0.15) is 8.42 Å². The molecule has 6 nitrogen and oxygen atoms in total. The molecule has 16 heavy (non-hydrogen) atoms. The number of hydrogen-bond acceptors (Lipinski definition) is 4. The lowest BCUT2D eigenvalue weighted by molar-refractivity contribution is -0.145. The minimum atomic E-state index is -2.25. The predicted octanol–water partition coefficient (Wildman–Crippen LogP) is -0.373. The standard InChI is InChI=1S/C9H15NO5S/c11-9(12)5-15-8-4-2-1-3-7(8)10-6-16(13)14/h6-8,10H,1-5H2,(H,11,12). The quantitative estimate of drug-likeness (QED) is 0.646. The maximum Gasteiger partial charge on any atom is 0.329 e. The Morgan fingerprint density at radius 2 is 2.12 bits per heavy atom. The van der Waals surface area contributed by atoms with Crippen molar-refractivity contribution in [1.82, 2.24) is 5.32 Å². The highest BCUT2D eigenvalue weighted by molar-refractivity contribution is 7.71. The third-order valence-electron chi connectivity index (χ3n) is 2.50. The molecule has 1 aliphatic rings. The van der Waals surface area contributed by atoms with Crippen molar-refractivity contribution < 1.29 is 23.1 Å². The molecule has 2 unspecified atom stereocenters. The van der Waals surface area contributed by atoms with E-state index in [0.29, 0.717) is 0 Å². The molecule has 0 bridgehead atoms. The fourth-order valence-electron chi connectivity index (χ4n) is 1.81. The number of rotatable bonds is 5. The van der Waals surface area contributed by atoms with Crippen LogP contribution in [0, 0.1) is 0 Å². The average molecular weight is 249 g/mol. The van der Waals surface area contributed by atoms with Crippen LogP contribution in [0.15, 0.2) is 0 Å². The molecule has 0 spiro atoms. The van der Waals surface area contributed by atoms with E-state index in [1.165, 1.54) is 0 Å². The molecule has 7 heteroatoms. The monoisotopic (exact) mass is 249 g/mol. The van der Waals surface area contributed by atoms with Gasteiger partial charge in [0.05, 0.1) is 11.6 Å². The number of carboxylic acids is 1. The van der Waals surface area contributed by atoms with Gasteiger partial charge < -0.3 is 9.84 Å². The number of nitrogens with one attached hydrogen (secondary N) is 1. The second-order valence-electron chi connectivity index (χ2n) is 3.68. The highest BCUT2D eigenvalue weighted by Gasteiger charge is 2.25. The van der Waals surface area contributed by atoms with Gasteiger partial charge in [-0.15, -0.1) is 0 Å². The van der Waals surface area contributed by atoms with Gasteiger partial charge in [-0.25, -0.2) is 4.79 Å². The van der Waals surface area contributed by atoms with Crippen LogP contribution in [-0.2, 0) is 19.8 Å². The zero-order valence-corrected chi connectivity index (χ0v) is 9.57. The predicted molar refractivity (Wildman–Crippen MR) is 57.8 cm³/mol. The van der Waals surface area contributed by atoms with Crippen LogP contribution in [0.5, 0.6) is 0 Å². The molecule has 0 aromatic heterocycles. The molecule has 0 aromatic carbocycles. The molecule has 1 rings (SSSR count). The zero-order valence-electron chi connectivity index (χ0n) is 8.76. The van der Waals surface area contributed by atoms with Crippen molar-refractivity contribution in [1.29, 1.82) is 0 Å². The topological polar surface area (TPSA) is 92.7 Å². The molecular formula is C9H15NO5S. The Kier molecular flexibility index (Phi) is 5.44. The summed E-state index contributed by atoms with van der Waals surface area (Å²) in [5.41, 5.74) is 0.979. The number of hydrogen-bond donors (Lipinski definition) is 2. The lowest BCUT2D eigenvalue weighted by atomic mass is 9.92. The molecule has 0 heterocycles. The minimum absolute atomic E-state index is 0.119. The van der Waals surface area contributed by atoms with E-state index in [1.807, 2.05) is 0 Å². The summed E-state index contributed by atoms with van der Waals surface area (Å²) in [6.07, 6.45) is 3.28. The number of carboxylic acid groups (broad SMARTS) is 1. The van der Waals surface area contributed by atoms with Crippen molar-refractivity contribution in [2.24, 2.45) is 0 Å². The largest absolute Gasteiger partial charge is 0.480 e. The molecular weight excluding hydrogens is 234 g/mol. The van der Waals surface area contributed by atoms with Gasteiger partial charge in [0.25, 0.3) is 0 Å². The molecule has 0 saturated heterocycles. The fourth-order valence-corrected chi connectivity index (χ4v) is 2.09. The maximum absolute atomic E-state index is 10.4. The van der Waals surface area contributed by atoms with E-state index in [4.69, 9.17) is 9.84 Å². The molecule has 1 fully saturated rings. The van der Waals surface area contributed by atoms with Crippen molar-refractivity contribution in [2.75, 3.05) is 6.61 Å². The van der Waals surface area contributed by atoms with Gasteiger partial charge in [0.2, 0.25) is 10.3 Å². The Morgan fingerprint density at radius 1 is 1.44 bits per heavy atom. The van der Waals surface area contributed by atoms with Crippen LogP contribution in [0.4, 0.5) is 0 Å². The van der Waals surface area contributed by atoms with E-state index in [9.17, 15) is 13.2 Å². The molecule has 2 N–H and O–H groups in total. The van der Waals surface area contributed by atoms with E-state index >= 15 is 0 Å². The van der Waals surface area contributed by atoms with Gasteiger partial charge in [0.1, 0.15) is 6.61 Å². The summed E-state index contributed by atoms with van der Waals surface area (Å²) in [7, 11) is -2.25. The van der Waals surface area contributed by atoms with Gasteiger partial charge in [-0.05, 0) is 12.8 Å². The lowest BCUT2D eigenvalue weighted by Gasteiger charge is -2.30. The van der Waals surface area contributed by atoms with Crippen LogP contribution < -0.4 is 5.32 Å². The number of ether oxygens (including phenoxy) is 1. The molecule has 1 saturated carbocycles. The van der Waals surface area contributed by atoms with E-state index in [0.717, 1.165) is 31.2 Å². The molecule has 0 radical (unpaired) electrons. The molecule has 0 aromatic rings. The normalized spacial score (nSPS) is 25.0. The highest BCUT2D eigenvalue weighted by Crippen LogP contribution is 2.20. The number of aliphatic carboxylic acids is 1. The minimum Gasteiger partial charge on any atom is -0.480 e. The summed E-state index contributed by atoms with van der Waals surface area (Å²) in [4.78, 5) is 10.4. The smallest absolute Gasteiger partial charge is 0.329 e. The van der Waals surface area contributed by atoms with Crippen LogP contribution in [0.25, 0.3) is 0 Å². The first kappa shape index (κ1) is 13.1. The molecule has 1 aliphatic carbocycles. The first-order valence-corrected chi connectivity index (χ1v) is 6.24. The summed E-state index contributed by atoms with van der Waals surface area (Å²) in [6, 6.07) is -0.119. The molecule has 2 atom stereocenters. The van der Waals surface area contributed by atoms with E-state index in [2.05, 4.69) is 5.32 Å². The lowest BCUT2D eigenvalue weighted by Crippen LogP contribution is -2.43. The van der Waals surface area contributed by atoms with E-state index in [-0.39, 0.29) is 18.8 Å². The molecule has 92 valence electrons. The van der Waals surface area contributed by atoms with Gasteiger partial charge >= 0.3 is 5.97 Å². The van der Waals surface area contributed by atoms with Crippen molar-refractivity contribution in [3.05, 3.63) is 0 Å². The summed E-state index contributed by atoms with van der Waals surface area (Å²) >= 11 is 0. The number of carbonyl (C=O) groups is 1. The van der Waals surface area contributed by atoms with E-state index in [1.54, 1.807) is 0 Å². The molecule has 0 aliphatic heterocycles. The Labute approximate surface area is 95.1 Å². The van der Waals surface area contributed by atoms with Gasteiger partial charge in [0, 0.05) is 6.04 Å². The fraction of sp³-hybridized carbons (Fsp3) is 0.778. The van der Waals surface area contributed by atoms with Gasteiger partial charge in [0.15, 0.2) is 0 Å². The van der Waals surface area contributed by atoms with Crippen molar-refractivity contribution in [3.63, 3.8) is 0 Å². The van der Waals surface area contributed by atoms with Crippen LogP contribution in [0.2, 0.25) is 0 Å². The Balaban J connectivity index is 2.49. The summed E-state index contributed by atoms with van der Waals surface area (Å²) in [5.74, 6) is -1.01. The summed E-state index contributed by atoms with van der Waals surface area (Å²) in [5, 5.41) is 11.2.